The van der Waals surface area contributed by atoms with Crippen LogP contribution >= 0.6 is 11.6 Å². The second kappa shape index (κ2) is 6.02. The monoisotopic (exact) mass is 296 g/mol. The molecule has 0 spiro atoms. The molecule has 1 amide bonds. The van der Waals surface area contributed by atoms with Crippen molar-refractivity contribution in [1.82, 2.24) is 10.6 Å². The van der Waals surface area contributed by atoms with E-state index in [0.29, 0.717) is 0 Å². The largest absolute Gasteiger partial charge is 0.444 e. The fourth-order valence-electron chi connectivity index (χ4n) is 2.35. The Labute approximate surface area is 124 Å². The van der Waals surface area contributed by atoms with Gasteiger partial charge in [-0.05, 0) is 38.5 Å². The summed E-state index contributed by atoms with van der Waals surface area (Å²) in [6.45, 7) is 7.15. The minimum atomic E-state index is -0.480. The van der Waals surface area contributed by atoms with Crippen LogP contribution in [0.2, 0.25) is 5.02 Å². The topological polar surface area (TPSA) is 50.4 Å². The highest BCUT2D eigenvalue weighted by atomic mass is 35.5. The van der Waals surface area contributed by atoms with E-state index < -0.39 is 5.60 Å². The lowest BCUT2D eigenvalue weighted by Gasteiger charge is -2.24. The van der Waals surface area contributed by atoms with E-state index in [-0.39, 0.29) is 18.1 Å². The second-order valence-electron chi connectivity index (χ2n) is 6.07. The van der Waals surface area contributed by atoms with Crippen molar-refractivity contribution in [3.8, 4) is 0 Å². The molecular formula is C15H21ClN2O2. The maximum Gasteiger partial charge on any atom is 0.407 e. The van der Waals surface area contributed by atoms with Crippen molar-refractivity contribution in [1.29, 1.82) is 0 Å². The molecule has 5 heteroatoms. The number of rotatable bonds is 2. The summed E-state index contributed by atoms with van der Waals surface area (Å²) in [5.74, 6) is 0.236. The quantitative estimate of drug-likeness (QED) is 0.882. The van der Waals surface area contributed by atoms with Gasteiger partial charge >= 0.3 is 6.09 Å². The number of alkyl carbamates (subject to hydrolysis) is 1. The van der Waals surface area contributed by atoms with Crippen LogP contribution in [-0.4, -0.2) is 30.8 Å². The number of hydrogen-bond donors (Lipinski definition) is 2. The highest BCUT2D eigenvalue weighted by molar-refractivity contribution is 6.30. The van der Waals surface area contributed by atoms with Crippen LogP contribution in [-0.2, 0) is 4.74 Å². The Kier molecular flexibility index (Phi) is 4.55. The molecule has 2 rings (SSSR count). The van der Waals surface area contributed by atoms with Gasteiger partial charge in [0.05, 0.1) is 6.04 Å². The summed E-state index contributed by atoms with van der Waals surface area (Å²) in [6, 6.07) is 7.79. The summed E-state index contributed by atoms with van der Waals surface area (Å²) in [5.41, 5.74) is 0.687. The summed E-state index contributed by atoms with van der Waals surface area (Å²) < 4.78 is 5.30. The normalized spacial score (nSPS) is 22.6. The van der Waals surface area contributed by atoms with Crippen LogP contribution in [0.3, 0.4) is 0 Å². The Morgan fingerprint density at radius 2 is 1.95 bits per heavy atom. The molecule has 4 nitrogen and oxygen atoms in total. The van der Waals surface area contributed by atoms with E-state index in [1.54, 1.807) is 0 Å². The van der Waals surface area contributed by atoms with E-state index in [1.165, 1.54) is 5.56 Å². The van der Waals surface area contributed by atoms with E-state index in [0.717, 1.165) is 18.1 Å². The molecule has 2 unspecified atom stereocenters. The zero-order valence-corrected chi connectivity index (χ0v) is 12.8. The zero-order chi connectivity index (χ0) is 14.8. The minimum Gasteiger partial charge on any atom is -0.444 e. The molecule has 1 aliphatic rings. The van der Waals surface area contributed by atoms with Gasteiger partial charge in [0.1, 0.15) is 5.60 Å². The lowest BCUT2D eigenvalue weighted by molar-refractivity contribution is 0.0504. The van der Waals surface area contributed by atoms with Gasteiger partial charge in [-0.1, -0.05) is 23.7 Å². The number of halogens is 1. The highest BCUT2D eigenvalue weighted by Gasteiger charge is 2.31. The number of ether oxygens (including phenoxy) is 1. The molecule has 1 aromatic carbocycles. The van der Waals surface area contributed by atoms with Crippen molar-refractivity contribution in [2.24, 2.45) is 0 Å². The number of nitrogens with one attached hydrogen (secondary N) is 2. The predicted octanol–water partition coefficient (Wildman–Crippen LogP) is 2.92. The van der Waals surface area contributed by atoms with Crippen molar-refractivity contribution >= 4 is 17.7 Å². The molecular weight excluding hydrogens is 276 g/mol. The second-order valence-corrected chi connectivity index (χ2v) is 6.51. The predicted molar refractivity (Wildman–Crippen MR) is 80.2 cm³/mol. The highest BCUT2D eigenvalue weighted by Crippen LogP contribution is 2.24. The molecule has 1 aliphatic heterocycles. The maximum atomic E-state index is 11.9. The van der Waals surface area contributed by atoms with E-state index in [9.17, 15) is 4.79 Å². The number of amides is 1. The van der Waals surface area contributed by atoms with Gasteiger partial charge < -0.3 is 15.4 Å². The molecule has 0 bridgehead atoms. The van der Waals surface area contributed by atoms with Gasteiger partial charge in [-0.25, -0.2) is 4.79 Å². The zero-order valence-electron chi connectivity index (χ0n) is 12.1. The van der Waals surface area contributed by atoms with Crippen molar-refractivity contribution in [3.63, 3.8) is 0 Å². The number of carbonyl (C=O) groups is 1. The molecule has 1 heterocycles. The Hall–Kier alpha value is -1.26. The van der Waals surface area contributed by atoms with E-state index in [1.807, 2.05) is 45.0 Å². The molecule has 1 fully saturated rings. The number of carbonyl (C=O) groups excluding carboxylic acids is 1. The number of hydrogen-bond acceptors (Lipinski definition) is 3. The molecule has 0 radical (unpaired) electrons. The SMILES string of the molecule is CC(C)(C)OC(=O)NC1CNCC1c1ccc(Cl)cc1. The van der Waals surface area contributed by atoms with Crippen molar-refractivity contribution in [2.75, 3.05) is 13.1 Å². The summed E-state index contributed by atoms with van der Waals surface area (Å²) in [5, 5.41) is 6.96. The van der Waals surface area contributed by atoms with Crippen molar-refractivity contribution in [2.45, 2.75) is 38.3 Å². The van der Waals surface area contributed by atoms with Crippen LogP contribution in [0.25, 0.3) is 0 Å². The summed E-state index contributed by atoms with van der Waals surface area (Å²) >= 11 is 5.91. The average molecular weight is 297 g/mol. The van der Waals surface area contributed by atoms with Crippen LogP contribution in [0.1, 0.15) is 32.3 Å². The Bertz CT molecular complexity index is 468. The van der Waals surface area contributed by atoms with E-state index in [4.69, 9.17) is 16.3 Å². The molecule has 2 N–H and O–H groups in total. The summed E-state index contributed by atoms with van der Waals surface area (Å²) in [7, 11) is 0. The van der Waals surface area contributed by atoms with E-state index in [2.05, 4.69) is 10.6 Å². The van der Waals surface area contributed by atoms with Gasteiger partial charge in [0.25, 0.3) is 0 Å². The van der Waals surface area contributed by atoms with Gasteiger partial charge in [-0.2, -0.15) is 0 Å². The van der Waals surface area contributed by atoms with E-state index >= 15 is 0 Å². The third kappa shape index (κ3) is 4.12. The molecule has 20 heavy (non-hydrogen) atoms. The summed E-state index contributed by atoms with van der Waals surface area (Å²) in [6.07, 6.45) is -0.370. The average Bonchev–Trinajstić information content (AvgIpc) is 2.75. The molecule has 1 saturated heterocycles. The Morgan fingerprint density at radius 3 is 2.55 bits per heavy atom. The number of benzene rings is 1. The fourth-order valence-corrected chi connectivity index (χ4v) is 2.48. The van der Waals surface area contributed by atoms with Gasteiger partial charge in [-0.3, -0.25) is 0 Å². The van der Waals surface area contributed by atoms with Crippen LogP contribution in [0.15, 0.2) is 24.3 Å². The Balaban J connectivity index is 2.00. The summed E-state index contributed by atoms with van der Waals surface area (Å²) in [4.78, 5) is 11.9. The molecule has 0 aromatic heterocycles. The fraction of sp³-hybridized carbons (Fsp3) is 0.533. The first-order valence-corrected chi connectivity index (χ1v) is 7.18. The van der Waals surface area contributed by atoms with Crippen molar-refractivity contribution < 1.29 is 9.53 Å². The minimum absolute atomic E-state index is 0.0334. The third-order valence-electron chi connectivity index (χ3n) is 3.21. The first-order valence-electron chi connectivity index (χ1n) is 6.81. The molecule has 110 valence electrons. The lowest BCUT2D eigenvalue weighted by Crippen LogP contribution is -2.42. The van der Waals surface area contributed by atoms with Crippen LogP contribution < -0.4 is 10.6 Å². The van der Waals surface area contributed by atoms with Gasteiger partial charge in [0.15, 0.2) is 0 Å². The first-order chi connectivity index (χ1) is 9.35. The van der Waals surface area contributed by atoms with Gasteiger partial charge in [-0.15, -0.1) is 0 Å². The smallest absolute Gasteiger partial charge is 0.407 e. The molecule has 2 atom stereocenters. The molecule has 0 aliphatic carbocycles. The lowest BCUT2D eigenvalue weighted by atomic mass is 9.94. The Morgan fingerprint density at radius 1 is 1.30 bits per heavy atom. The van der Waals surface area contributed by atoms with Crippen LogP contribution in [0, 0.1) is 0 Å². The first kappa shape index (κ1) is 15.1. The van der Waals surface area contributed by atoms with Crippen molar-refractivity contribution in [3.05, 3.63) is 34.9 Å². The third-order valence-corrected chi connectivity index (χ3v) is 3.47. The maximum absolute atomic E-state index is 11.9. The molecule has 1 aromatic rings. The molecule has 0 saturated carbocycles. The van der Waals surface area contributed by atoms with Gasteiger partial charge in [0, 0.05) is 24.0 Å². The van der Waals surface area contributed by atoms with Gasteiger partial charge in [0.2, 0.25) is 0 Å². The van der Waals surface area contributed by atoms with Crippen LogP contribution in [0.5, 0.6) is 0 Å². The standard InChI is InChI=1S/C15H21ClN2O2/c1-15(2,3)20-14(19)18-13-9-17-8-12(13)10-4-6-11(16)7-5-10/h4-7,12-13,17H,8-9H2,1-3H3,(H,18,19). The van der Waals surface area contributed by atoms with Crippen LogP contribution in [0.4, 0.5) is 4.79 Å².